The number of halogens is 1. The van der Waals surface area contributed by atoms with Gasteiger partial charge in [0.05, 0.1) is 18.0 Å². The smallest absolute Gasteiger partial charge is 0.232 e. The van der Waals surface area contributed by atoms with Gasteiger partial charge in [-0.05, 0) is 50.1 Å². The lowest BCUT2D eigenvalue weighted by Crippen LogP contribution is -2.32. The first kappa shape index (κ1) is 21.3. The molecule has 0 aliphatic rings. The fourth-order valence-electron chi connectivity index (χ4n) is 2.73. The van der Waals surface area contributed by atoms with Crippen LogP contribution in [0.15, 0.2) is 48.5 Å². The van der Waals surface area contributed by atoms with E-state index in [4.69, 9.17) is 11.6 Å². The first-order chi connectivity index (χ1) is 12.7. The van der Waals surface area contributed by atoms with Crippen LogP contribution in [0, 0.1) is 6.92 Å². The highest BCUT2D eigenvalue weighted by atomic mass is 35.5. The summed E-state index contributed by atoms with van der Waals surface area (Å²) in [6, 6.07) is 14.5. The Hall–Kier alpha value is -2.05. The predicted molar refractivity (Wildman–Crippen MR) is 111 cm³/mol. The lowest BCUT2D eigenvalue weighted by Gasteiger charge is -2.22. The van der Waals surface area contributed by atoms with Crippen LogP contribution in [0.25, 0.3) is 0 Å². The van der Waals surface area contributed by atoms with E-state index in [1.165, 1.54) is 9.87 Å². The largest absolute Gasteiger partial charge is 0.350 e. The predicted octanol–water partition coefficient (Wildman–Crippen LogP) is 4.07. The quantitative estimate of drug-likeness (QED) is 0.715. The van der Waals surface area contributed by atoms with Crippen molar-refractivity contribution in [3.8, 4) is 0 Å². The van der Waals surface area contributed by atoms with E-state index in [0.717, 1.165) is 11.8 Å². The van der Waals surface area contributed by atoms with Crippen molar-refractivity contribution in [2.45, 2.75) is 32.7 Å². The van der Waals surface area contributed by atoms with Crippen molar-refractivity contribution in [1.29, 1.82) is 0 Å². The van der Waals surface area contributed by atoms with Gasteiger partial charge in [-0.1, -0.05) is 41.4 Å². The zero-order chi connectivity index (χ0) is 20.0. The monoisotopic (exact) mass is 408 g/mol. The zero-order valence-corrected chi connectivity index (χ0v) is 17.3. The van der Waals surface area contributed by atoms with Gasteiger partial charge in [0.1, 0.15) is 0 Å². The van der Waals surface area contributed by atoms with Gasteiger partial charge in [0, 0.05) is 18.0 Å². The maximum atomic E-state index is 12.2. The zero-order valence-electron chi connectivity index (χ0n) is 15.8. The van der Waals surface area contributed by atoms with Crippen molar-refractivity contribution in [2.75, 3.05) is 17.1 Å². The summed E-state index contributed by atoms with van der Waals surface area (Å²) in [5, 5.41) is 3.49. The number of hydrogen-bond acceptors (Lipinski definition) is 3. The number of aryl methyl sites for hydroxylation is 1. The molecule has 1 atom stereocenters. The molecule has 0 fully saturated rings. The van der Waals surface area contributed by atoms with Crippen LogP contribution in [0.1, 0.15) is 36.9 Å². The number of rotatable bonds is 8. The molecule has 146 valence electrons. The molecular formula is C20H25ClN2O3S. The van der Waals surface area contributed by atoms with Crippen molar-refractivity contribution < 1.29 is 13.2 Å². The Morgan fingerprint density at radius 3 is 2.26 bits per heavy atom. The third-order valence-corrected chi connectivity index (χ3v) is 5.68. The summed E-state index contributed by atoms with van der Waals surface area (Å²) in [5.74, 6) is -0.104. The summed E-state index contributed by atoms with van der Waals surface area (Å²) < 4.78 is 25.4. The summed E-state index contributed by atoms with van der Waals surface area (Å²) in [6.07, 6.45) is 1.82. The number of anilines is 1. The molecule has 1 N–H and O–H groups in total. The van der Waals surface area contributed by atoms with E-state index in [1.54, 1.807) is 24.3 Å². The van der Waals surface area contributed by atoms with Crippen molar-refractivity contribution in [3.05, 3.63) is 64.7 Å². The fraction of sp³-hybridized carbons (Fsp3) is 0.350. The highest BCUT2D eigenvalue weighted by Crippen LogP contribution is 2.21. The standard InChI is InChI=1S/C20H25ClN2O3S/c1-15-6-8-17(9-7-15)16(2)22-20(24)5-4-14-23(27(3,25)26)19-12-10-18(21)11-13-19/h6-13,16H,4-5,14H2,1-3H3,(H,22,24). The minimum atomic E-state index is -3.44. The normalized spacial score (nSPS) is 12.4. The molecule has 7 heteroatoms. The Balaban J connectivity index is 1.91. The summed E-state index contributed by atoms with van der Waals surface area (Å²) in [6.45, 7) is 4.17. The molecule has 27 heavy (non-hydrogen) atoms. The Bertz CT molecular complexity index is 865. The van der Waals surface area contributed by atoms with Crippen LogP contribution in [0.3, 0.4) is 0 Å². The molecule has 0 aliphatic heterocycles. The van der Waals surface area contributed by atoms with Gasteiger partial charge in [0.15, 0.2) is 0 Å². The van der Waals surface area contributed by atoms with Crippen LogP contribution >= 0.6 is 11.6 Å². The lowest BCUT2D eigenvalue weighted by atomic mass is 10.1. The molecule has 0 bridgehead atoms. The van der Waals surface area contributed by atoms with Crippen molar-refractivity contribution in [2.24, 2.45) is 0 Å². The number of sulfonamides is 1. The van der Waals surface area contributed by atoms with Gasteiger partial charge in [0.25, 0.3) is 0 Å². The number of amides is 1. The van der Waals surface area contributed by atoms with E-state index in [-0.39, 0.29) is 24.9 Å². The third kappa shape index (κ3) is 6.56. The molecule has 0 heterocycles. The minimum absolute atomic E-state index is 0.0969. The summed E-state index contributed by atoms with van der Waals surface area (Å²) >= 11 is 5.86. The van der Waals surface area contributed by atoms with Crippen LogP contribution < -0.4 is 9.62 Å². The fourth-order valence-corrected chi connectivity index (χ4v) is 3.82. The van der Waals surface area contributed by atoms with Gasteiger partial charge in [0.2, 0.25) is 15.9 Å². The van der Waals surface area contributed by atoms with E-state index < -0.39 is 10.0 Å². The molecule has 0 aliphatic carbocycles. The first-order valence-corrected chi connectivity index (χ1v) is 11.0. The van der Waals surface area contributed by atoms with E-state index in [0.29, 0.717) is 17.1 Å². The number of benzene rings is 2. The van der Waals surface area contributed by atoms with Gasteiger partial charge in [-0.15, -0.1) is 0 Å². The second-order valence-corrected chi connectivity index (χ2v) is 8.96. The summed E-state index contributed by atoms with van der Waals surface area (Å²) in [5.41, 5.74) is 2.74. The lowest BCUT2D eigenvalue weighted by molar-refractivity contribution is -0.121. The second-order valence-electron chi connectivity index (χ2n) is 6.61. The second kappa shape index (κ2) is 9.24. The van der Waals surface area contributed by atoms with Crippen molar-refractivity contribution in [1.82, 2.24) is 5.32 Å². The average molecular weight is 409 g/mol. The molecule has 2 aromatic rings. The Kier molecular flexibility index (Phi) is 7.27. The molecule has 0 saturated carbocycles. The van der Waals surface area contributed by atoms with Crippen molar-refractivity contribution in [3.63, 3.8) is 0 Å². The maximum absolute atomic E-state index is 12.2. The van der Waals surface area contributed by atoms with Crippen LogP contribution in [0.4, 0.5) is 5.69 Å². The molecular weight excluding hydrogens is 384 g/mol. The molecule has 1 unspecified atom stereocenters. The van der Waals surface area contributed by atoms with Gasteiger partial charge in [-0.2, -0.15) is 0 Å². The van der Waals surface area contributed by atoms with Gasteiger partial charge < -0.3 is 5.32 Å². The SMILES string of the molecule is Cc1ccc(C(C)NC(=O)CCCN(c2ccc(Cl)cc2)S(C)(=O)=O)cc1. The van der Waals surface area contributed by atoms with Crippen LogP contribution in [-0.4, -0.2) is 27.1 Å². The number of nitrogens with zero attached hydrogens (tertiary/aromatic N) is 1. The third-order valence-electron chi connectivity index (χ3n) is 4.23. The Labute approximate surface area is 166 Å². The summed E-state index contributed by atoms with van der Waals surface area (Å²) in [7, 11) is -3.44. The Morgan fingerprint density at radius 1 is 1.11 bits per heavy atom. The summed E-state index contributed by atoms with van der Waals surface area (Å²) in [4.78, 5) is 12.2. The highest BCUT2D eigenvalue weighted by Gasteiger charge is 2.18. The Morgan fingerprint density at radius 2 is 1.70 bits per heavy atom. The molecule has 0 saturated heterocycles. The van der Waals surface area contributed by atoms with Crippen LogP contribution in [-0.2, 0) is 14.8 Å². The molecule has 2 aromatic carbocycles. The van der Waals surface area contributed by atoms with Gasteiger partial charge in [-0.3, -0.25) is 9.10 Å². The highest BCUT2D eigenvalue weighted by molar-refractivity contribution is 7.92. The van der Waals surface area contributed by atoms with E-state index >= 15 is 0 Å². The number of nitrogens with one attached hydrogen (secondary N) is 1. The molecule has 5 nitrogen and oxygen atoms in total. The van der Waals surface area contributed by atoms with E-state index in [1.807, 2.05) is 38.1 Å². The molecule has 2 rings (SSSR count). The maximum Gasteiger partial charge on any atom is 0.232 e. The van der Waals surface area contributed by atoms with Crippen molar-refractivity contribution >= 4 is 33.2 Å². The van der Waals surface area contributed by atoms with E-state index in [2.05, 4.69) is 5.32 Å². The molecule has 0 radical (unpaired) electrons. The molecule has 0 aromatic heterocycles. The van der Waals surface area contributed by atoms with Crippen LogP contribution in [0.5, 0.6) is 0 Å². The van der Waals surface area contributed by atoms with Gasteiger partial charge >= 0.3 is 0 Å². The molecule has 0 spiro atoms. The molecule has 1 amide bonds. The van der Waals surface area contributed by atoms with Crippen LogP contribution in [0.2, 0.25) is 5.02 Å². The minimum Gasteiger partial charge on any atom is -0.350 e. The number of carbonyl (C=O) groups is 1. The topological polar surface area (TPSA) is 66.5 Å². The average Bonchev–Trinajstić information content (AvgIpc) is 2.59. The van der Waals surface area contributed by atoms with Gasteiger partial charge in [-0.25, -0.2) is 8.42 Å². The number of carbonyl (C=O) groups excluding carboxylic acids is 1. The first-order valence-electron chi connectivity index (χ1n) is 8.76. The van der Waals surface area contributed by atoms with E-state index in [9.17, 15) is 13.2 Å². The number of hydrogen-bond donors (Lipinski definition) is 1.